The Labute approximate surface area is 130 Å². The second kappa shape index (κ2) is 5.85. The predicted octanol–water partition coefficient (Wildman–Crippen LogP) is 6.09. The van der Waals surface area contributed by atoms with Gasteiger partial charge < -0.3 is 0 Å². The molecule has 0 saturated heterocycles. The smallest absolute Gasteiger partial charge is 0.207 e. The molecular weight excluding hydrogens is 404 g/mol. The largest absolute Gasteiger partial charge is 0.416 e. The number of benzene rings is 2. The molecule has 0 saturated carbocycles. The number of hydrogen-bond acceptors (Lipinski definition) is 0. The van der Waals surface area contributed by atoms with Gasteiger partial charge in [0, 0.05) is 4.47 Å². The van der Waals surface area contributed by atoms with Gasteiger partial charge in [0.05, 0.1) is 10.4 Å². The number of halogens is 6. The molecule has 6 heteroatoms. The summed E-state index contributed by atoms with van der Waals surface area (Å²) >= 11 is 6.59. The lowest BCUT2D eigenvalue weighted by Gasteiger charge is -2.15. The van der Waals surface area contributed by atoms with E-state index < -0.39 is 22.4 Å². The van der Waals surface area contributed by atoms with E-state index in [1.807, 2.05) is 0 Å². The topological polar surface area (TPSA) is 0 Å². The van der Waals surface area contributed by atoms with Crippen molar-refractivity contribution in [2.75, 3.05) is 0 Å². The Bertz CT molecular complexity index is 606. The standard InChI is InChI=1S/C14H8Br2F4/c15-12-6-3-9(14(18,19)20)7-11(12)13(16)8-1-4-10(17)5-2-8/h1-7,13H. The molecule has 0 nitrogen and oxygen atoms in total. The van der Waals surface area contributed by atoms with Gasteiger partial charge in [-0.1, -0.05) is 44.0 Å². The van der Waals surface area contributed by atoms with E-state index in [-0.39, 0.29) is 0 Å². The Morgan fingerprint density at radius 1 is 0.950 bits per heavy atom. The number of alkyl halides is 4. The average molecular weight is 412 g/mol. The zero-order valence-electron chi connectivity index (χ0n) is 9.89. The Hall–Kier alpha value is -0.880. The summed E-state index contributed by atoms with van der Waals surface area (Å²) in [5, 5.41) is 0. The zero-order valence-corrected chi connectivity index (χ0v) is 13.1. The van der Waals surface area contributed by atoms with Crippen LogP contribution in [0, 0.1) is 5.82 Å². The van der Waals surface area contributed by atoms with Crippen molar-refractivity contribution in [3.8, 4) is 0 Å². The van der Waals surface area contributed by atoms with Crippen LogP contribution in [0.4, 0.5) is 17.6 Å². The van der Waals surface area contributed by atoms with Crippen LogP contribution < -0.4 is 0 Å². The monoisotopic (exact) mass is 410 g/mol. The van der Waals surface area contributed by atoms with Crippen molar-refractivity contribution in [1.82, 2.24) is 0 Å². The molecule has 2 aromatic carbocycles. The highest BCUT2D eigenvalue weighted by Crippen LogP contribution is 2.39. The lowest BCUT2D eigenvalue weighted by atomic mass is 10.0. The first-order chi connectivity index (χ1) is 9.29. The molecule has 0 N–H and O–H groups in total. The predicted molar refractivity (Wildman–Crippen MR) is 76.3 cm³/mol. The molecular formula is C14H8Br2F4. The molecule has 0 bridgehead atoms. The molecule has 0 aliphatic rings. The fourth-order valence-corrected chi connectivity index (χ4v) is 3.19. The van der Waals surface area contributed by atoms with Crippen LogP contribution in [-0.4, -0.2) is 0 Å². The first-order valence-electron chi connectivity index (χ1n) is 5.55. The molecule has 2 rings (SSSR count). The lowest BCUT2D eigenvalue weighted by Crippen LogP contribution is -2.06. The third kappa shape index (κ3) is 3.41. The van der Waals surface area contributed by atoms with Crippen LogP contribution in [-0.2, 0) is 6.18 Å². The summed E-state index contributed by atoms with van der Waals surface area (Å²) in [6, 6.07) is 9.04. The summed E-state index contributed by atoms with van der Waals surface area (Å²) in [4.78, 5) is -0.459. The molecule has 0 aliphatic heterocycles. The van der Waals surface area contributed by atoms with Gasteiger partial charge in [-0.15, -0.1) is 0 Å². The summed E-state index contributed by atoms with van der Waals surface area (Å²) in [6.07, 6.45) is -4.40. The van der Waals surface area contributed by atoms with Crippen LogP contribution in [0.5, 0.6) is 0 Å². The molecule has 0 radical (unpaired) electrons. The van der Waals surface area contributed by atoms with Gasteiger partial charge in [0.15, 0.2) is 0 Å². The molecule has 0 spiro atoms. The van der Waals surface area contributed by atoms with Gasteiger partial charge >= 0.3 is 6.18 Å². The maximum Gasteiger partial charge on any atom is 0.416 e. The minimum absolute atomic E-state index is 0.392. The van der Waals surface area contributed by atoms with E-state index in [0.29, 0.717) is 15.6 Å². The van der Waals surface area contributed by atoms with Crippen LogP contribution >= 0.6 is 31.9 Å². The third-order valence-electron chi connectivity index (χ3n) is 2.76. The van der Waals surface area contributed by atoms with E-state index >= 15 is 0 Å². The molecule has 2 aromatic rings. The van der Waals surface area contributed by atoms with E-state index in [4.69, 9.17) is 0 Å². The minimum Gasteiger partial charge on any atom is -0.207 e. The molecule has 0 aliphatic carbocycles. The van der Waals surface area contributed by atoms with E-state index in [1.54, 1.807) is 0 Å². The molecule has 1 unspecified atom stereocenters. The fraction of sp³-hybridized carbons (Fsp3) is 0.143. The third-order valence-corrected chi connectivity index (χ3v) is 4.50. The van der Waals surface area contributed by atoms with Gasteiger partial charge in [-0.2, -0.15) is 13.2 Å². The van der Waals surface area contributed by atoms with Gasteiger partial charge in [-0.05, 0) is 41.5 Å². The Balaban J connectivity index is 2.43. The van der Waals surface area contributed by atoms with Crippen LogP contribution in [0.15, 0.2) is 46.9 Å². The van der Waals surface area contributed by atoms with Crippen molar-refractivity contribution < 1.29 is 17.6 Å². The molecule has 0 amide bonds. The number of rotatable bonds is 2. The number of hydrogen-bond donors (Lipinski definition) is 0. The van der Waals surface area contributed by atoms with Gasteiger partial charge in [0.2, 0.25) is 0 Å². The lowest BCUT2D eigenvalue weighted by molar-refractivity contribution is -0.137. The summed E-state index contributed by atoms with van der Waals surface area (Å²) in [7, 11) is 0. The second-order valence-corrected chi connectivity index (χ2v) is 5.92. The van der Waals surface area contributed by atoms with Gasteiger partial charge in [0.1, 0.15) is 5.82 Å². The Kier molecular flexibility index (Phi) is 4.54. The summed E-state index contributed by atoms with van der Waals surface area (Å²) in [5.74, 6) is -0.392. The second-order valence-electron chi connectivity index (χ2n) is 4.15. The van der Waals surface area contributed by atoms with Crippen LogP contribution in [0.25, 0.3) is 0 Å². The highest BCUT2D eigenvalue weighted by atomic mass is 79.9. The summed E-state index contributed by atoms with van der Waals surface area (Å²) in [6.45, 7) is 0. The SMILES string of the molecule is Fc1ccc(C(Br)c2cc(C(F)(F)F)ccc2Br)cc1. The Morgan fingerprint density at radius 3 is 2.10 bits per heavy atom. The van der Waals surface area contributed by atoms with Crippen molar-refractivity contribution in [3.63, 3.8) is 0 Å². The highest BCUT2D eigenvalue weighted by Gasteiger charge is 2.31. The molecule has 0 aromatic heterocycles. The quantitative estimate of drug-likeness (QED) is 0.414. The van der Waals surface area contributed by atoms with Gasteiger partial charge in [-0.25, -0.2) is 4.39 Å². The molecule has 20 heavy (non-hydrogen) atoms. The van der Waals surface area contributed by atoms with Crippen molar-refractivity contribution in [3.05, 3.63) is 69.4 Å². The minimum atomic E-state index is -4.40. The van der Waals surface area contributed by atoms with Crippen molar-refractivity contribution >= 4 is 31.9 Å². The maximum atomic E-state index is 12.9. The van der Waals surface area contributed by atoms with Crippen LogP contribution in [0.3, 0.4) is 0 Å². The first kappa shape index (κ1) is 15.5. The normalized spacial score (nSPS) is 13.3. The zero-order chi connectivity index (χ0) is 14.9. The molecule has 1 atom stereocenters. The molecule has 106 valence electrons. The molecule has 0 fully saturated rings. The fourth-order valence-electron chi connectivity index (χ4n) is 1.73. The van der Waals surface area contributed by atoms with E-state index in [2.05, 4.69) is 31.9 Å². The van der Waals surface area contributed by atoms with E-state index in [1.165, 1.54) is 30.3 Å². The Morgan fingerprint density at radius 2 is 1.55 bits per heavy atom. The van der Waals surface area contributed by atoms with Gasteiger partial charge in [0.25, 0.3) is 0 Å². The van der Waals surface area contributed by atoms with Crippen molar-refractivity contribution in [1.29, 1.82) is 0 Å². The average Bonchev–Trinajstić information content (AvgIpc) is 2.38. The van der Waals surface area contributed by atoms with Crippen LogP contribution in [0.1, 0.15) is 21.5 Å². The highest BCUT2D eigenvalue weighted by molar-refractivity contribution is 9.11. The van der Waals surface area contributed by atoms with E-state index in [0.717, 1.165) is 12.1 Å². The van der Waals surface area contributed by atoms with Crippen molar-refractivity contribution in [2.24, 2.45) is 0 Å². The first-order valence-corrected chi connectivity index (χ1v) is 7.26. The van der Waals surface area contributed by atoms with Crippen LogP contribution in [0.2, 0.25) is 0 Å². The maximum absolute atomic E-state index is 12.9. The van der Waals surface area contributed by atoms with Crippen molar-refractivity contribution in [2.45, 2.75) is 11.0 Å². The molecule has 0 heterocycles. The summed E-state index contributed by atoms with van der Waals surface area (Å²) in [5.41, 5.74) is 0.389. The van der Waals surface area contributed by atoms with E-state index in [9.17, 15) is 17.6 Å². The van der Waals surface area contributed by atoms with Gasteiger partial charge in [-0.3, -0.25) is 0 Å². The summed E-state index contributed by atoms with van der Waals surface area (Å²) < 4.78 is 51.6.